The van der Waals surface area contributed by atoms with Crippen LogP contribution in [0.15, 0.2) is 16.7 Å². The minimum atomic E-state index is -4.51. The molecule has 18 heavy (non-hydrogen) atoms. The van der Waals surface area contributed by atoms with E-state index in [0.29, 0.717) is 0 Å². The summed E-state index contributed by atoms with van der Waals surface area (Å²) in [5.41, 5.74) is -0.369. The van der Waals surface area contributed by atoms with Gasteiger partial charge in [0.1, 0.15) is 0 Å². The lowest BCUT2D eigenvalue weighted by Crippen LogP contribution is -2.19. The van der Waals surface area contributed by atoms with Gasteiger partial charge in [0.15, 0.2) is 17.9 Å². The number of oxazole rings is 1. The van der Waals surface area contributed by atoms with Crippen LogP contribution < -0.4 is 4.74 Å². The van der Waals surface area contributed by atoms with Crippen LogP contribution in [-0.2, 0) is 0 Å². The normalized spacial score (nSPS) is 11.7. The predicted molar refractivity (Wildman–Crippen MR) is 50.3 cm³/mol. The molecule has 6 nitrogen and oxygen atoms in total. The Kier molecular flexibility index (Phi) is 2.81. The summed E-state index contributed by atoms with van der Waals surface area (Å²) in [6.45, 7) is -1.51. The Bertz CT molecular complexity index is 593. The fourth-order valence-electron chi connectivity index (χ4n) is 1.18. The molecule has 0 aromatic carbocycles. The first-order valence-corrected chi connectivity index (χ1v) is 4.55. The summed E-state index contributed by atoms with van der Waals surface area (Å²) >= 11 is 0. The van der Waals surface area contributed by atoms with Crippen LogP contribution >= 0.6 is 0 Å². The number of aromatic carboxylic acids is 1. The Morgan fingerprint density at radius 3 is 2.83 bits per heavy atom. The number of carbonyl (C=O) groups is 1. The minimum Gasteiger partial charge on any atom is -0.482 e. The average Bonchev–Trinajstić information content (AvgIpc) is 2.69. The van der Waals surface area contributed by atoms with Gasteiger partial charge in [-0.3, -0.25) is 0 Å². The fourth-order valence-corrected chi connectivity index (χ4v) is 1.18. The van der Waals surface area contributed by atoms with Crippen LogP contribution in [0.1, 0.15) is 10.7 Å². The van der Waals surface area contributed by atoms with Gasteiger partial charge in [-0.25, -0.2) is 9.78 Å². The van der Waals surface area contributed by atoms with Crippen LogP contribution in [-0.4, -0.2) is 33.8 Å². The van der Waals surface area contributed by atoms with Crippen molar-refractivity contribution in [1.29, 1.82) is 0 Å². The van der Waals surface area contributed by atoms with Crippen molar-refractivity contribution >= 4 is 17.2 Å². The van der Waals surface area contributed by atoms with Gasteiger partial charge in [-0.05, 0) is 0 Å². The predicted octanol–water partition coefficient (Wildman–Crippen LogP) is 1.86. The number of nitrogens with zero attached hydrogens (tertiary/aromatic N) is 2. The Morgan fingerprint density at radius 2 is 2.22 bits per heavy atom. The van der Waals surface area contributed by atoms with E-state index in [1.165, 1.54) is 0 Å². The molecule has 0 fully saturated rings. The van der Waals surface area contributed by atoms with Gasteiger partial charge in [0.2, 0.25) is 0 Å². The number of alkyl halides is 3. The Balaban J connectivity index is 2.36. The fraction of sp³-hybridized carbons (Fsp3) is 0.222. The summed E-state index contributed by atoms with van der Waals surface area (Å²) in [6.07, 6.45) is -3.38. The molecule has 9 heteroatoms. The van der Waals surface area contributed by atoms with E-state index in [1.807, 2.05) is 0 Å². The smallest absolute Gasteiger partial charge is 0.422 e. The molecule has 0 saturated carbocycles. The second kappa shape index (κ2) is 4.17. The third-order valence-electron chi connectivity index (χ3n) is 1.83. The van der Waals surface area contributed by atoms with Gasteiger partial charge in [-0.1, -0.05) is 0 Å². The minimum absolute atomic E-state index is 0.167. The van der Waals surface area contributed by atoms with E-state index in [4.69, 9.17) is 9.52 Å². The number of ether oxygens (including phenoxy) is 1. The Labute approximate surface area is 97.0 Å². The van der Waals surface area contributed by atoms with Crippen LogP contribution in [0.3, 0.4) is 0 Å². The van der Waals surface area contributed by atoms with Crippen molar-refractivity contribution in [1.82, 2.24) is 9.97 Å². The molecule has 96 valence electrons. The quantitative estimate of drug-likeness (QED) is 0.908. The van der Waals surface area contributed by atoms with Crippen molar-refractivity contribution in [3.8, 4) is 5.75 Å². The number of fused-ring (bicyclic) bond motifs is 1. The molecule has 0 saturated heterocycles. The molecular formula is C9H5F3N2O4. The maximum atomic E-state index is 12.0. The molecule has 0 aliphatic carbocycles. The van der Waals surface area contributed by atoms with E-state index < -0.39 is 24.6 Å². The Morgan fingerprint density at radius 1 is 1.50 bits per heavy atom. The zero-order chi connectivity index (χ0) is 13.3. The van der Waals surface area contributed by atoms with Gasteiger partial charge >= 0.3 is 18.0 Å². The van der Waals surface area contributed by atoms with Gasteiger partial charge in [0.25, 0.3) is 5.71 Å². The van der Waals surface area contributed by atoms with Crippen molar-refractivity contribution < 1.29 is 32.2 Å². The SMILES string of the molecule is O=C(O)c1nc2c(OCC(F)(F)F)ccnc2o1. The van der Waals surface area contributed by atoms with Crippen LogP contribution in [0, 0.1) is 0 Å². The highest BCUT2D eigenvalue weighted by Crippen LogP contribution is 2.25. The molecule has 0 atom stereocenters. The maximum Gasteiger partial charge on any atom is 0.422 e. The van der Waals surface area contributed by atoms with Crippen molar-refractivity contribution in [2.24, 2.45) is 0 Å². The zero-order valence-electron chi connectivity index (χ0n) is 8.56. The van der Waals surface area contributed by atoms with Crippen LogP contribution in [0.2, 0.25) is 0 Å². The molecule has 1 N–H and O–H groups in total. The van der Waals surface area contributed by atoms with Crippen molar-refractivity contribution in [2.45, 2.75) is 6.18 Å². The van der Waals surface area contributed by atoms with E-state index in [0.717, 1.165) is 12.3 Å². The first-order valence-electron chi connectivity index (χ1n) is 4.55. The molecule has 0 spiro atoms. The third-order valence-corrected chi connectivity index (χ3v) is 1.83. The molecule has 0 aliphatic heterocycles. The summed E-state index contributed by atoms with van der Waals surface area (Å²) in [6, 6.07) is 1.14. The molecule has 2 rings (SSSR count). The molecule has 0 bridgehead atoms. The number of pyridine rings is 1. The van der Waals surface area contributed by atoms with E-state index in [1.54, 1.807) is 0 Å². The monoisotopic (exact) mass is 262 g/mol. The summed E-state index contributed by atoms with van der Waals surface area (Å²) < 4.78 is 45.2. The standard InChI is InChI=1S/C9H5F3N2O4/c10-9(11,12)3-17-4-1-2-13-6-5(4)14-7(18-6)8(15)16/h1-2H,3H2,(H,15,16). The Hall–Kier alpha value is -2.32. The van der Waals surface area contributed by atoms with Gasteiger partial charge in [0.05, 0.1) is 0 Å². The van der Waals surface area contributed by atoms with E-state index in [2.05, 4.69) is 14.7 Å². The summed E-state index contributed by atoms with van der Waals surface area (Å²) in [5.74, 6) is -2.36. The lowest BCUT2D eigenvalue weighted by Gasteiger charge is -2.08. The molecule has 2 heterocycles. The van der Waals surface area contributed by atoms with Gasteiger partial charge in [-0.15, -0.1) is 0 Å². The number of hydrogen-bond acceptors (Lipinski definition) is 5. The molecule has 2 aromatic rings. The molecule has 0 aliphatic rings. The molecule has 2 aromatic heterocycles. The van der Waals surface area contributed by atoms with Gasteiger partial charge in [0, 0.05) is 12.3 Å². The van der Waals surface area contributed by atoms with E-state index in [9.17, 15) is 18.0 Å². The van der Waals surface area contributed by atoms with Gasteiger partial charge in [-0.2, -0.15) is 18.2 Å². The van der Waals surface area contributed by atoms with Crippen LogP contribution in [0.25, 0.3) is 11.2 Å². The second-order valence-electron chi connectivity index (χ2n) is 3.19. The number of rotatable bonds is 3. The molecule has 0 radical (unpaired) electrons. The molecule has 0 unspecified atom stereocenters. The van der Waals surface area contributed by atoms with Crippen LogP contribution in [0.4, 0.5) is 13.2 Å². The highest BCUT2D eigenvalue weighted by Gasteiger charge is 2.29. The van der Waals surface area contributed by atoms with Crippen molar-refractivity contribution in [2.75, 3.05) is 6.61 Å². The molecular weight excluding hydrogens is 257 g/mol. The average molecular weight is 262 g/mol. The number of carboxylic acids is 1. The third kappa shape index (κ3) is 2.50. The number of aromatic nitrogens is 2. The van der Waals surface area contributed by atoms with Crippen molar-refractivity contribution in [3.63, 3.8) is 0 Å². The maximum absolute atomic E-state index is 12.0. The van der Waals surface area contributed by atoms with Crippen molar-refractivity contribution in [3.05, 3.63) is 18.2 Å². The largest absolute Gasteiger partial charge is 0.482 e. The van der Waals surface area contributed by atoms with E-state index in [-0.39, 0.29) is 17.0 Å². The van der Waals surface area contributed by atoms with E-state index >= 15 is 0 Å². The zero-order valence-corrected chi connectivity index (χ0v) is 8.56. The summed E-state index contributed by atoms with van der Waals surface area (Å²) in [7, 11) is 0. The summed E-state index contributed by atoms with van der Waals surface area (Å²) in [5, 5.41) is 8.63. The number of halogens is 3. The molecule has 0 amide bonds. The first-order chi connectivity index (χ1) is 8.37. The number of carboxylic acid groups (broad SMARTS) is 1. The lowest BCUT2D eigenvalue weighted by molar-refractivity contribution is -0.153. The lowest BCUT2D eigenvalue weighted by atomic mass is 10.4. The highest BCUT2D eigenvalue weighted by molar-refractivity contribution is 5.87. The highest BCUT2D eigenvalue weighted by atomic mass is 19.4. The summed E-state index contributed by atoms with van der Waals surface area (Å²) in [4.78, 5) is 17.7. The topological polar surface area (TPSA) is 85.5 Å². The van der Waals surface area contributed by atoms with Gasteiger partial charge < -0.3 is 14.3 Å². The first kappa shape index (κ1) is 12.1. The number of hydrogen-bond donors (Lipinski definition) is 1. The van der Waals surface area contributed by atoms with Crippen LogP contribution in [0.5, 0.6) is 5.75 Å². The second-order valence-corrected chi connectivity index (χ2v) is 3.19.